The number of nitrogens with one attached hydrogen (secondary N) is 1. The van der Waals surface area contributed by atoms with Gasteiger partial charge in [-0.25, -0.2) is 4.79 Å². The number of carboxylic acid groups (broad SMARTS) is 1. The number of carboxylic acids is 1. The zero-order valence-corrected chi connectivity index (χ0v) is 12.9. The number of amides is 1. The predicted octanol–water partition coefficient (Wildman–Crippen LogP) is 3.31. The quantitative estimate of drug-likeness (QED) is 0.891. The maximum Gasteiger partial charge on any atom is 0.330 e. The highest BCUT2D eigenvalue weighted by Crippen LogP contribution is 2.20. The fraction of sp³-hybridized carbons (Fsp3) is 0.125. The maximum atomic E-state index is 12.3. The van der Waals surface area contributed by atoms with Crippen LogP contribution in [0.5, 0.6) is 0 Å². The van der Waals surface area contributed by atoms with Crippen LogP contribution in [-0.4, -0.2) is 17.0 Å². The van der Waals surface area contributed by atoms with Crippen LogP contribution < -0.4 is 5.32 Å². The van der Waals surface area contributed by atoms with E-state index in [4.69, 9.17) is 0 Å². The van der Waals surface area contributed by atoms with Gasteiger partial charge in [0.1, 0.15) is 0 Å². The van der Waals surface area contributed by atoms with Gasteiger partial charge in [-0.15, -0.1) is 0 Å². The van der Waals surface area contributed by atoms with E-state index < -0.39 is 17.9 Å². The molecule has 2 aromatic carbocycles. The third-order valence-corrected chi connectivity index (χ3v) is 3.68. The minimum absolute atomic E-state index is 0.405. The minimum Gasteiger partial charge on any atom is -0.479 e. The molecule has 5 heteroatoms. The van der Waals surface area contributed by atoms with E-state index in [1.54, 1.807) is 42.5 Å². The van der Waals surface area contributed by atoms with E-state index in [2.05, 4.69) is 21.2 Å². The molecule has 0 fully saturated rings. The molecule has 1 amide bonds. The average molecular weight is 348 g/mol. The van der Waals surface area contributed by atoms with Crippen molar-refractivity contribution in [2.24, 2.45) is 0 Å². The number of hydrogen-bond acceptors (Lipinski definition) is 2. The molecule has 1 atom stereocenters. The maximum absolute atomic E-state index is 12.3. The molecular weight excluding hydrogens is 334 g/mol. The molecule has 0 heterocycles. The summed E-state index contributed by atoms with van der Waals surface area (Å²) in [4.78, 5) is 23.6. The fourth-order valence-corrected chi connectivity index (χ4v) is 2.62. The summed E-state index contributed by atoms with van der Waals surface area (Å²) in [7, 11) is 0. The Kier molecular flexibility index (Phi) is 4.75. The summed E-state index contributed by atoms with van der Waals surface area (Å²) in [6.45, 7) is 1.91. The molecule has 2 N–H and O–H groups in total. The highest BCUT2D eigenvalue weighted by molar-refractivity contribution is 9.10. The van der Waals surface area contributed by atoms with Crippen LogP contribution in [0.15, 0.2) is 53.0 Å². The Bertz CT molecular complexity index is 670. The molecular formula is C16H14BrNO3. The molecule has 0 aromatic heterocycles. The normalized spacial score (nSPS) is 11.7. The van der Waals surface area contributed by atoms with Crippen LogP contribution in [0, 0.1) is 6.92 Å². The second-order valence-electron chi connectivity index (χ2n) is 4.64. The summed E-state index contributed by atoms with van der Waals surface area (Å²) < 4.78 is 0.636. The van der Waals surface area contributed by atoms with Crippen molar-refractivity contribution in [2.45, 2.75) is 13.0 Å². The third-order valence-electron chi connectivity index (χ3n) is 3.02. The van der Waals surface area contributed by atoms with Gasteiger partial charge in [0, 0.05) is 4.47 Å². The Balaban J connectivity index is 2.25. The third kappa shape index (κ3) is 3.70. The molecule has 0 bridgehead atoms. The standard InChI is InChI=1S/C16H14BrNO3/c1-10-7-8-12(13(17)9-10)15(19)18-14(16(20)21)11-5-3-2-4-6-11/h2-9,14H,1H3,(H,18,19)(H,20,21)/t14-/m0/s1. The molecule has 0 unspecified atom stereocenters. The van der Waals surface area contributed by atoms with Crippen molar-refractivity contribution >= 4 is 27.8 Å². The number of aliphatic carboxylic acids is 1. The van der Waals surface area contributed by atoms with Crippen molar-refractivity contribution < 1.29 is 14.7 Å². The highest BCUT2D eigenvalue weighted by Gasteiger charge is 2.23. The number of halogens is 1. The summed E-state index contributed by atoms with van der Waals surface area (Å²) in [5.74, 6) is -1.53. The molecule has 108 valence electrons. The summed E-state index contributed by atoms with van der Waals surface area (Å²) in [6, 6.07) is 12.8. The molecule has 0 aliphatic rings. The summed E-state index contributed by atoms with van der Waals surface area (Å²) >= 11 is 3.32. The second kappa shape index (κ2) is 6.54. The van der Waals surface area contributed by atoms with Crippen LogP contribution in [0.4, 0.5) is 0 Å². The van der Waals surface area contributed by atoms with Gasteiger partial charge < -0.3 is 10.4 Å². The molecule has 0 radical (unpaired) electrons. The van der Waals surface area contributed by atoms with Crippen molar-refractivity contribution in [1.82, 2.24) is 5.32 Å². The predicted molar refractivity (Wildman–Crippen MR) is 83.2 cm³/mol. The van der Waals surface area contributed by atoms with Crippen molar-refractivity contribution in [1.29, 1.82) is 0 Å². The number of carbonyl (C=O) groups excluding carboxylic acids is 1. The summed E-state index contributed by atoms with van der Waals surface area (Å²) in [6.07, 6.45) is 0. The van der Waals surface area contributed by atoms with Gasteiger partial charge in [0.25, 0.3) is 5.91 Å². The molecule has 4 nitrogen and oxygen atoms in total. The van der Waals surface area contributed by atoms with Gasteiger partial charge >= 0.3 is 5.97 Å². The van der Waals surface area contributed by atoms with E-state index in [9.17, 15) is 14.7 Å². The van der Waals surface area contributed by atoms with Crippen LogP contribution in [0.25, 0.3) is 0 Å². The lowest BCUT2D eigenvalue weighted by molar-refractivity contribution is -0.139. The lowest BCUT2D eigenvalue weighted by Gasteiger charge is -2.15. The number of carbonyl (C=O) groups is 2. The van der Waals surface area contributed by atoms with Crippen LogP contribution in [0.1, 0.15) is 27.5 Å². The van der Waals surface area contributed by atoms with Gasteiger partial charge in [-0.1, -0.05) is 36.4 Å². The van der Waals surface area contributed by atoms with Crippen molar-refractivity contribution in [2.75, 3.05) is 0 Å². The van der Waals surface area contributed by atoms with Gasteiger partial charge in [0.15, 0.2) is 6.04 Å². The molecule has 21 heavy (non-hydrogen) atoms. The molecule has 2 aromatic rings. The molecule has 0 saturated carbocycles. The highest BCUT2D eigenvalue weighted by atomic mass is 79.9. The summed E-state index contributed by atoms with van der Waals surface area (Å²) in [5, 5.41) is 11.9. The van der Waals surface area contributed by atoms with Gasteiger partial charge in [0.05, 0.1) is 5.56 Å². The van der Waals surface area contributed by atoms with E-state index >= 15 is 0 Å². The van der Waals surface area contributed by atoms with Crippen LogP contribution in [0.3, 0.4) is 0 Å². The van der Waals surface area contributed by atoms with E-state index in [0.29, 0.717) is 15.6 Å². The zero-order chi connectivity index (χ0) is 15.4. The van der Waals surface area contributed by atoms with Crippen LogP contribution in [-0.2, 0) is 4.79 Å². The Morgan fingerprint density at radius 3 is 2.38 bits per heavy atom. The first kappa shape index (κ1) is 15.3. The minimum atomic E-state index is -1.10. The Morgan fingerprint density at radius 1 is 1.14 bits per heavy atom. The van der Waals surface area contributed by atoms with Crippen molar-refractivity contribution in [3.63, 3.8) is 0 Å². The number of rotatable bonds is 4. The first-order chi connectivity index (χ1) is 9.99. The SMILES string of the molecule is Cc1ccc(C(=O)N[C@H](C(=O)O)c2ccccc2)c(Br)c1. The lowest BCUT2D eigenvalue weighted by atomic mass is 10.1. The number of benzene rings is 2. The Morgan fingerprint density at radius 2 is 1.81 bits per heavy atom. The lowest BCUT2D eigenvalue weighted by Crippen LogP contribution is -2.33. The van der Waals surface area contributed by atoms with Gasteiger partial charge in [-0.05, 0) is 46.1 Å². The molecule has 2 rings (SSSR count). The van der Waals surface area contributed by atoms with E-state index in [1.165, 1.54) is 0 Å². The van der Waals surface area contributed by atoms with Crippen molar-refractivity contribution in [3.05, 3.63) is 69.7 Å². The number of aryl methyl sites for hydroxylation is 1. The molecule has 0 aliphatic carbocycles. The monoisotopic (exact) mass is 347 g/mol. The smallest absolute Gasteiger partial charge is 0.330 e. The van der Waals surface area contributed by atoms with E-state index in [1.807, 2.05) is 13.0 Å². The van der Waals surface area contributed by atoms with Crippen molar-refractivity contribution in [3.8, 4) is 0 Å². The van der Waals surface area contributed by atoms with Gasteiger partial charge in [-0.2, -0.15) is 0 Å². The van der Waals surface area contributed by atoms with Gasteiger partial charge in [0.2, 0.25) is 0 Å². The topological polar surface area (TPSA) is 66.4 Å². The largest absolute Gasteiger partial charge is 0.479 e. The molecule has 0 aliphatic heterocycles. The molecule has 0 saturated heterocycles. The second-order valence-corrected chi connectivity index (χ2v) is 5.49. The van der Waals surface area contributed by atoms with E-state index in [-0.39, 0.29) is 0 Å². The van der Waals surface area contributed by atoms with Crippen LogP contribution >= 0.6 is 15.9 Å². The van der Waals surface area contributed by atoms with Crippen LogP contribution in [0.2, 0.25) is 0 Å². The Hall–Kier alpha value is -2.14. The van der Waals surface area contributed by atoms with E-state index in [0.717, 1.165) is 5.56 Å². The zero-order valence-electron chi connectivity index (χ0n) is 11.3. The average Bonchev–Trinajstić information content (AvgIpc) is 2.45. The number of hydrogen-bond donors (Lipinski definition) is 2. The first-order valence-electron chi connectivity index (χ1n) is 6.34. The molecule has 0 spiro atoms. The van der Waals surface area contributed by atoms with Gasteiger partial charge in [-0.3, -0.25) is 4.79 Å². The Labute approximate surface area is 130 Å². The fourth-order valence-electron chi connectivity index (χ4n) is 1.95. The summed E-state index contributed by atoms with van der Waals surface area (Å²) in [5.41, 5.74) is 1.95. The first-order valence-corrected chi connectivity index (χ1v) is 7.13.